The maximum atomic E-state index is 13.0. The first-order valence-electron chi connectivity index (χ1n) is 6.95. The smallest absolute Gasteiger partial charge is 0.126 e. The molecule has 2 aromatic rings. The van der Waals surface area contributed by atoms with E-state index in [1.807, 2.05) is 21.0 Å². The summed E-state index contributed by atoms with van der Waals surface area (Å²) in [6.45, 7) is 2.63. The van der Waals surface area contributed by atoms with Gasteiger partial charge in [0.05, 0.1) is 0 Å². The van der Waals surface area contributed by atoms with Crippen LogP contribution in [0, 0.1) is 5.82 Å². The van der Waals surface area contributed by atoms with Crippen molar-refractivity contribution in [2.24, 2.45) is 0 Å². The van der Waals surface area contributed by atoms with Gasteiger partial charge in [0.2, 0.25) is 0 Å². The molecule has 0 saturated carbocycles. The Kier molecular flexibility index (Phi) is 4.81. The molecule has 112 valence electrons. The second-order valence-corrected chi connectivity index (χ2v) is 5.37. The first kappa shape index (κ1) is 15.3. The predicted octanol–water partition coefficient (Wildman–Crippen LogP) is 3.45. The van der Waals surface area contributed by atoms with Crippen molar-refractivity contribution in [1.29, 1.82) is 0 Å². The highest BCUT2D eigenvalue weighted by molar-refractivity contribution is 5.46. The lowest BCUT2D eigenvalue weighted by molar-refractivity contribution is 0.446. The average molecular weight is 288 g/mol. The van der Waals surface area contributed by atoms with Crippen LogP contribution in [-0.2, 0) is 6.54 Å². The van der Waals surface area contributed by atoms with Gasteiger partial charge < -0.3 is 15.3 Å². The Morgan fingerprint density at radius 1 is 1.14 bits per heavy atom. The fraction of sp³-hybridized carbons (Fsp3) is 0.294. The topological polar surface area (TPSA) is 35.5 Å². The van der Waals surface area contributed by atoms with Crippen LogP contribution in [-0.4, -0.2) is 19.2 Å². The van der Waals surface area contributed by atoms with Crippen LogP contribution in [0.4, 0.5) is 10.1 Å². The minimum atomic E-state index is -0.428. The van der Waals surface area contributed by atoms with Crippen molar-refractivity contribution < 1.29 is 9.50 Å². The number of anilines is 1. The molecule has 0 aliphatic rings. The molecule has 2 N–H and O–H groups in total. The number of nitrogens with zero attached hydrogens (tertiary/aromatic N) is 1. The lowest BCUT2D eigenvalue weighted by atomic mass is 10.1. The van der Waals surface area contributed by atoms with Crippen LogP contribution in [0.2, 0.25) is 0 Å². The van der Waals surface area contributed by atoms with E-state index in [1.165, 1.54) is 6.07 Å². The Labute approximate surface area is 125 Å². The molecule has 1 atom stereocenters. The van der Waals surface area contributed by atoms with Crippen molar-refractivity contribution in [3.63, 3.8) is 0 Å². The van der Waals surface area contributed by atoms with Crippen molar-refractivity contribution in [3.05, 3.63) is 59.4 Å². The summed E-state index contributed by atoms with van der Waals surface area (Å²) in [5.41, 5.74) is 3.01. The van der Waals surface area contributed by atoms with E-state index in [0.717, 1.165) is 17.3 Å². The number of aromatic hydroxyl groups is 1. The van der Waals surface area contributed by atoms with E-state index in [9.17, 15) is 9.50 Å². The zero-order chi connectivity index (χ0) is 15.4. The third-order valence-corrected chi connectivity index (χ3v) is 3.52. The summed E-state index contributed by atoms with van der Waals surface area (Å²) in [6.07, 6.45) is 0. The van der Waals surface area contributed by atoms with Gasteiger partial charge in [0, 0.05) is 44.0 Å². The molecule has 0 radical (unpaired) electrons. The van der Waals surface area contributed by atoms with Crippen LogP contribution in [0.3, 0.4) is 0 Å². The number of nitrogens with one attached hydrogen (secondary N) is 1. The highest BCUT2D eigenvalue weighted by atomic mass is 19.1. The van der Waals surface area contributed by atoms with Crippen LogP contribution < -0.4 is 10.2 Å². The molecule has 0 heterocycles. The summed E-state index contributed by atoms with van der Waals surface area (Å²) in [6, 6.07) is 12.3. The largest absolute Gasteiger partial charge is 0.508 e. The molecule has 0 fully saturated rings. The average Bonchev–Trinajstić information content (AvgIpc) is 2.45. The lowest BCUT2D eigenvalue weighted by Crippen LogP contribution is -2.18. The van der Waals surface area contributed by atoms with Gasteiger partial charge in [-0.05, 0) is 30.7 Å². The van der Waals surface area contributed by atoms with Crippen molar-refractivity contribution >= 4 is 5.69 Å². The van der Waals surface area contributed by atoms with Crippen LogP contribution in [0.5, 0.6) is 5.75 Å². The number of benzene rings is 2. The van der Waals surface area contributed by atoms with E-state index >= 15 is 0 Å². The zero-order valence-electron chi connectivity index (χ0n) is 12.6. The number of phenols is 1. The maximum absolute atomic E-state index is 13.0. The van der Waals surface area contributed by atoms with Gasteiger partial charge in [-0.2, -0.15) is 0 Å². The molecule has 0 saturated heterocycles. The highest BCUT2D eigenvalue weighted by Gasteiger charge is 2.10. The molecule has 2 rings (SSSR count). The van der Waals surface area contributed by atoms with Crippen LogP contribution in [0.1, 0.15) is 24.1 Å². The van der Waals surface area contributed by atoms with Crippen molar-refractivity contribution in [3.8, 4) is 5.75 Å². The molecule has 0 spiro atoms. The van der Waals surface area contributed by atoms with E-state index in [-0.39, 0.29) is 11.8 Å². The molecule has 0 aliphatic carbocycles. The SMILES string of the molecule is CC(NCc1ccc(N(C)C)cc1)c1ccc(F)cc1O. The maximum Gasteiger partial charge on any atom is 0.126 e. The van der Waals surface area contributed by atoms with Gasteiger partial charge in [0.15, 0.2) is 0 Å². The third-order valence-electron chi connectivity index (χ3n) is 3.52. The summed E-state index contributed by atoms with van der Waals surface area (Å²) in [7, 11) is 4.01. The monoisotopic (exact) mass is 288 g/mol. The summed E-state index contributed by atoms with van der Waals surface area (Å²) in [4.78, 5) is 2.05. The summed E-state index contributed by atoms with van der Waals surface area (Å²) < 4.78 is 13.0. The first-order valence-corrected chi connectivity index (χ1v) is 6.95. The Morgan fingerprint density at radius 3 is 2.38 bits per heavy atom. The normalized spacial score (nSPS) is 12.2. The van der Waals surface area contributed by atoms with Crippen molar-refractivity contribution in [1.82, 2.24) is 5.32 Å². The third kappa shape index (κ3) is 3.95. The summed E-state index contributed by atoms with van der Waals surface area (Å²) >= 11 is 0. The van der Waals surface area contributed by atoms with Crippen molar-refractivity contribution in [2.75, 3.05) is 19.0 Å². The Balaban J connectivity index is 1.98. The van der Waals surface area contributed by atoms with E-state index in [0.29, 0.717) is 12.1 Å². The summed E-state index contributed by atoms with van der Waals surface area (Å²) in [5.74, 6) is -0.444. The van der Waals surface area contributed by atoms with Crippen molar-refractivity contribution in [2.45, 2.75) is 19.5 Å². The van der Waals surface area contributed by atoms with Gasteiger partial charge in [0.1, 0.15) is 11.6 Å². The molecular weight excluding hydrogens is 267 g/mol. The van der Waals surface area contributed by atoms with Gasteiger partial charge in [-0.25, -0.2) is 4.39 Å². The zero-order valence-corrected chi connectivity index (χ0v) is 12.6. The fourth-order valence-electron chi connectivity index (χ4n) is 2.18. The molecule has 3 nitrogen and oxygen atoms in total. The van der Waals surface area contributed by atoms with Gasteiger partial charge in [-0.1, -0.05) is 18.2 Å². The predicted molar refractivity (Wildman–Crippen MR) is 84.1 cm³/mol. The van der Waals surface area contributed by atoms with E-state index in [1.54, 1.807) is 6.07 Å². The quantitative estimate of drug-likeness (QED) is 0.884. The molecule has 0 bridgehead atoms. The fourth-order valence-corrected chi connectivity index (χ4v) is 2.18. The molecule has 0 aromatic heterocycles. The molecule has 4 heteroatoms. The number of phenolic OH excluding ortho intramolecular Hbond substituents is 1. The first-order chi connectivity index (χ1) is 9.97. The van der Waals surface area contributed by atoms with Crippen LogP contribution in [0.25, 0.3) is 0 Å². The lowest BCUT2D eigenvalue weighted by Gasteiger charge is -2.17. The minimum absolute atomic E-state index is 0.0158. The number of rotatable bonds is 5. The second-order valence-electron chi connectivity index (χ2n) is 5.37. The van der Waals surface area contributed by atoms with Gasteiger partial charge in [-0.3, -0.25) is 0 Å². The second kappa shape index (κ2) is 6.59. The Hall–Kier alpha value is -2.07. The van der Waals surface area contributed by atoms with E-state index < -0.39 is 5.82 Å². The molecule has 21 heavy (non-hydrogen) atoms. The minimum Gasteiger partial charge on any atom is -0.508 e. The number of halogens is 1. The van der Waals surface area contributed by atoms with Gasteiger partial charge in [0.25, 0.3) is 0 Å². The number of hydrogen-bond acceptors (Lipinski definition) is 3. The Morgan fingerprint density at radius 2 is 1.81 bits per heavy atom. The van der Waals surface area contributed by atoms with Gasteiger partial charge >= 0.3 is 0 Å². The molecule has 1 unspecified atom stereocenters. The molecule has 2 aromatic carbocycles. The highest BCUT2D eigenvalue weighted by Crippen LogP contribution is 2.25. The summed E-state index contributed by atoms with van der Waals surface area (Å²) in [5, 5.41) is 13.1. The molecular formula is C17H21FN2O. The van der Waals surface area contributed by atoms with E-state index in [2.05, 4.69) is 34.5 Å². The molecule has 0 amide bonds. The van der Waals surface area contributed by atoms with Crippen LogP contribution in [0.15, 0.2) is 42.5 Å². The number of hydrogen-bond donors (Lipinski definition) is 2. The Bertz CT molecular complexity index is 596. The molecule has 0 aliphatic heterocycles. The van der Waals surface area contributed by atoms with Crippen LogP contribution >= 0.6 is 0 Å². The standard InChI is InChI=1S/C17H21FN2O/c1-12(16-9-6-14(18)10-17(16)21)19-11-13-4-7-15(8-5-13)20(2)3/h4-10,12,19,21H,11H2,1-3H3. The van der Waals surface area contributed by atoms with E-state index in [4.69, 9.17) is 0 Å². The van der Waals surface area contributed by atoms with Gasteiger partial charge in [-0.15, -0.1) is 0 Å².